The van der Waals surface area contributed by atoms with Gasteiger partial charge >= 0.3 is 0 Å². The summed E-state index contributed by atoms with van der Waals surface area (Å²) < 4.78 is 30.5. The zero-order chi connectivity index (χ0) is 21.1. The van der Waals surface area contributed by atoms with E-state index in [0.717, 1.165) is 25.2 Å². The van der Waals surface area contributed by atoms with Gasteiger partial charge in [-0.05, 0) is 28.8 Å². The summed E-state index contributed by atoms with van der Waals surface area (Å²) in [6.45, 7) is 2.86. The molecule has 2 aromatic carbocycles. The monoisotopic (exact) mass is 424 g/mol. The fraction of sp³-hybridized carbons (Fsp3) is 0.261. The average molecular weight is 425 g/mol. The number of benzene rings is 2. The number of rotatable bonds is 7. The highest BCUT2D eigenvalue weighted by Gasteiger charge is 2.18. The van der Waals surface area contributed by atoms with Crippen LogP contribution in [0.3, 0.4) is 0 Å². The molecular weight excluding hydrogens is 400 g/mol. The topological polar surface area (TPSA) is 83.6 Å². The normalized spacial score (nSPS) is 15.5. The molecule has 0 aliphatic carbocycles. The Morgan fingerprint density at radius 3 is 2.37 bits per heavy atom. The van der Waals surface area contributed by atoms with E-state index >= 15 is 0 Å². The van der Waals surface area contributed by atoms with E-state index in [2.05, 4.69) is 29.2 Å². The first kappa shape index (κ1) is 20.4. The van der Waals surface area contributed by atoms with Crippen molar-refractivity contribution in [1.82, 2.24) is 4.90 Å². The Hall–Kier alpha value is -2.90. The molecule has 156 valence electrons. The number of ether oxygens (including phenoxy) is 1. The van der Waals surface area contributed by atoms with Gasteiger partial charge in [-0.1, -0.05) is 36.4 Å². The quantitative estimate of drug-likeness (QED) is 0.624. The maximum Gasteiger partial charge on any atom is 0.226 e. The van der Waals surface area contributed by atoms with Crippen LogP contribution in [0, 0.1) is 4.78 Å². The molecule has 3 aromatic rings. The summed E-state index contributed by atoms with van der Waals surface area (Å²) in [4.78, 5) is 15.2. The van der Waals surface area contributed by atoms with E-state index < -0.39 is 9.73 Å². The van der Waals surface area contributed by atoms with Crippen molar-refractivity contribution < 1.29 is 13.4 Å². The molecule has 0 amide bonds. The van der Waals surface area contributed by atoms with Gasteiger partial charge in [-0.25, -0.2) is 8.99 Å². The van der Waals surface area contributed by atoms with Crippen LogP contribution in [0.4, 0.5) is 0 Å². The second-order valence-corrected chi connectivity index (χ2v) is 9.74. The van der Waals surface area contributed by atoms with Gasteiger partial charge in [0.15, 0.2) is 0 Å². The van der Waals surface area contributed by atoms with Gasteiger partial charge in [0.05, 0.1) is 9.73 Å². The van der Waals surface area contributed by atoms with E-state index in [1.54, 1.807) is 24.3 Å². The first-order chi connectivity index (χ1) is 14.4. The number of nitrogens with one attached hydrogen (secondary N) is 1. The molecule has 1 unspecified atom stereocenters. The van der Waals surface area contributed by atoms with E-state index in [4.69, 9.17) is 13.9 Å². The summed E-state index contributed by atoms with van der Waals surface area (Å²) in [7, 11) is -2.73. The molecule has 0 bridgehead atoms. The summed E-state index contributed by atoms with van der Waals surface area (Å²) in [5, 5.41) is 0. The summed E-state index contributed by atoms with van der Waals surface area (Å²) in [6.07, 6.45) is 3.41. The smallest absolute Gasteiger partial charge is 0.226 e. The van der Waals surface area contributed by atoms with Crippen molar-refractivity contribution in [2.75, 3.05) is 12.8 Å². The Balaban J connectivity index is 1.32. The van der Waals surface area contributed by atoms with Gasteiger partial charge < -0.3 is 9.15 Å². The third-order valence-electron chi connectivity index (χ3n) is 5.20. The van der Waals surface area contributed by atoms with Crippen LogP contribution in [0.2, 0.25) is 0 Å². The molecular formula is C23H24N2O4S. The standard InChI is InChI=1S/C23H24N2O4S/c1-30(24,27)21-8-6-17(7-9-21)15-29-23-16-28-20(12-22(23)26)10-11-25-13-18-4-2-3-5-19(18)14-25/h2-9,12,16,24H,10-11,13-15H2,1H3. The van der Waals surface area contributed by atoms with Gasteiger partial charge in [0.2, 0.25) is 11.2 Å². The van der Waals surface area contributed by atoms with Crippen molar-refractivity contribution in [3.05, 3.63) is 93.5 Å². The van der Waals surface area contributed by atoms with Crippen LogP contribution in [-0.4, -0.2) is 21.9 Å². The fourth-order valence-corrected chi connectivity index (χ4v) is 4.17. The Kier molecular flexibility index (Phi) is 5.74. The average Bonchev–Trinajstić information content (AvgIpc) is 3.14. The first-order valence-electron chi connectivity index (χ1n) is 9.75. The number of nitrogens with zero attached hydrogens (tertiary/aromatic N) is 1. The molecule has 2 heterocycles. The number of hydrogen-bond acceptors (Lipinski definition) is 6. The van der Waals surface area contributed by atoms with Crippen LogP contribution in [0.5, 0.6) is 5.75 Å². The third-order valence-corrected chi connectivity index (χ3v) is 6.37. The lowest BCUT2D eigenvalue weighted by molar-refractivity contribution is 0.271. The lowest BCUT2D eigenvalue weighted by Gasteiger charge is -2.14. The third kappa shape index (κ3) is 4.80. The van der Waals surface area contributed by atoms with Crippen LogP contribution >= 0.6 is 0 Å². The Labute approximate surface area is 176 Å². The second kappa shape index (κ2) is 8.45. The Bertz CT molecular complexity index is 1180. The molecule has 30 heavy (non-hydrogen) atoms. The number of fused-ring (bicyclic) bond motifs is 1. The second-order valence-electron chi connectivity index (χ2n) is 7.58. The minimum absolute atomic E-state index is 0.163. The summed E-state index contributed by atoms with van der Waals surface area (Å²) in [6, 6.07) is 16.7. The minimum atomic E-state index is -2.73. The van der Waals surface area contributed by atoms with Gasteiger partial charge in [-0.2, -0.15) is 0 Å². The van der Waals surface area contributed by atoms with E-state index in [-0.39, 0.29) is 17.8 Å². The van der Waals surface area contributed by atoms with Gasteiger partial charge in [-0.3, -0.25) is 9.69 Å². The molecule has 7 heteroatoms. The van der Waals surface area contributed by atoms with E-state index in [0.29, 0.717) is 17.1 Å². The summed E-state index contributed by atoms with van der Waals surface area (Å²) >= 11 is 0. The molecule has 1 aromatic heterocycles. The Morgan fingerprint density at radius 1 is 1.10 bits per heavy atom. The molecule has 0 saturated heterocycles. The molecule has 1 atom stereocenters. The lowest BCUT2D eigenvalue weighted by Crippen LogP contribution is -2.20. The molecule has 0 saturated carbocycles. The molecule has 1 aliphatic heterocycles. The SMILES string of the molecule is CS(=N)(=O)c1ccc(COc2coc(CCN3Cc4ccccc4C3)cc2=O)cc1. The zero-order valence-electron chi connectivity index (χ0n) is 16.8. The van der Waals surface area contributed by atoms with Crippen molar-refractivity contribution in [2.45, 2.75) is 31.0 Å². The molecule has 0 fully saturated rings. The van der Waals surface area contributed by atoms with Crippen LogP contribution in [0.15, 0.2) is 75.0 Å². The van der Waals surface area contributed by atoms with Crippen molar-refractivity contribution in [3.8, 4) is 5.75 Å². The van der Waals surface area contributed by atoms with Gasteiger partial charge in [0.1, 0.15) is 18.6 Å². The van der Waals surface area contributed by atoms with Crippen LogP contribution in [0.1, 0.15) is 22.5 Å². The molecule has 1 aliphatic rings. The molecule has 0 spiro atoms. The molecule has 6 nitrogen and oxygen atoms in total. The van der Waals surface area contributed by atoms with E-state index in [1.165, 1.54) is 29.7 Å². The summed E-state index contributed by atoms with van der Waals surface area (Å²) in [5.41, 5.74) is 3.33. The fourth-order valence-electron chi connectivity index (χ4n) is 3.51. The zero-order valence-corrected chi connectivity index (χ0v) is 17.6. The highest BCUT2D eigenvalue weighted by Crippen LogP contribution is 2.22. The predicted molar refractivity (Wildman–Crippen MR) is 115 cm³/mol. The Morgan fingerprint density at radius 2 is 1.77 bits per heavy atom. The largest absolute Gasteiger partial charge is 0.482 e. The van der Waals surface area contributed by atoms with E-state index in [1.807, 2.05) is 0 Å². The molecule has 4 rings (SSSR count). The summed E-state index contributed by atoms with van der Waals surface area (Å²) in [5.74, 6) is 0.803. The molecule has 1 N–H and O–H groups in total. The van der Waals surface area contributed by atoms with Crippen molar-refractivity contribution in [3.63, 3.8) is 0 Å². The maximum absolute atomic E-state index is 12.4. The van der Waals surface area contributed by atoms with Crippen LogP contribution < -0.4 is 10.2 Å². The highest BCUT2D eigenvalue weighted by molar-refractivity contribution is 7.91. The van der Waals surface area contributed by atoms with Gasteiger partial charge in [0, 0.05) is 43.3 Å². The van der Waals surface area contributed by atoms with Crippen molar-refractivity contribution >= 4 is 9.73 Å². The first-order valence-corrected chi connectivity index (χ1v) is 11.7. The van der Waals surface area contributed by atoms with Gasteiger partial charge in [-0.15, -0.1) is 0 Å². The van der Waals surface area contributed by atoms with Crippen molar-refractivity contribution in [1.29, 1.82) is 4.78 Å². The van der Waals surface area contributed by atoms with Crippen LogP contribution in [-0.2, 0) is 35.8 Å². The van der Waals surface area contributed by atoms with E-state index in [9.17, 15) is 9.00 Å². The minimum Gasteiger partial charge on any atom is -0.482 e. The maximum atomic E-state index is 12.4. The highest BCUT2D eigenvalue weighted by atomic mass is 32.2. The van der Waals surface area contributed by atoms with Crippen LogP contribution in [0.25, 0.3) is 0 Å². The number of hydrogen-bond donors (Lipinski definition) is 1. The molecule has 0 radical (unpaired) electrons. The van der Waals surface area contributed by atoms with Crippen molar-refractivity contribution in [2.24, 2.45) is 0 Å². The lowest BCUT2D eigenvalue weighted by atomic mass is 10.1. The van der Waals surface area contributed by atoms with Gasteiger partial charge in [0.25, 0.3) is 0 Å². The predicted octanol–water partition coefficient (Wildman–Crippen LogP) is 3.81.